The maximum Gasteiger partial charge on any atom is 0.106 e. The fourth-order valence-electron chi connectivity index (χ4n) is 1.50. The van der Waals surface area contributed by atoms with E-state index < -0.39 is 6.10 Å². The second-order valence-electron chi connectivity index (χ2n) is 3.50. The van der Waals surface area contributed by atoms with Crippen molar-refractivity contribution in [2.24, 2.45) is 0 Å². The molecule has 0 aliphatic rings. The number of benzene rings is 1. The van der Waals surface area contributed by atoms with Gasteiger partial charge in [0.05, 0.1) is 12.4 Å². The molecule has 1 heterocycles. The molecule has 84 valence electrons. The zero-order valence-corrected chi connectivity index (χ0v) is 10.7. The Kier molecular flexibility index (Phi) is 3.69. The van der Waals surface area contributed by atoms with Crippen molar-refractivity contribution in [1.82, 2.24) is 0 Å². The van der Waals surface area contributed by atoms with Gasteiger partial charge in [0, 0.05) is 15.9 Å². The molecule has 2 nitrogen and oxygen atoms in total. The smallest absolute Gasteiger partial charge is 0.106 e. The van der Waals surface area contributed by atoms with E-state index in [0.29, 0.717) is 11.4 Å². The predicted molar refractivity (Wildman–Crippen MR) is 66.5 cm³/mol. The topological polar surface area (TPSA) is 33.4 Å². The summed E-state index contributed by atoms with van der Waals surface area (Å²) in [6.07, 6.45) is 1.43. The Hall–Kier alpha value is -0.770. The van der Waals surface area contributed by atoms with Gasteiger partial charge < -0.3 is 9.52 Å². The molecule has 0 saturated carbocycles. The van der Waals surface area contributed by atoms with E-state index in [9.17, 15) is 5.11 Å². The first-order valence-corrected chi connectivity index (χ1v) is 5.98. The molecule has 1 atom stereocenters. The minimum Gasteiger partial charge on any atom is -0.469 e. The summed E-state index contributed by atoms with van der Waals surface area (Å²) in [6.45, 7) is 0. The lowest BCUT2D eigenvalue weighted by Gasteiger charge is -2.10. The summed E-state index contributed by atoms with van der Waals surface area (Å²) < 4.78 is 6.04. The molecule has 0 aliphatic heterocycles. The number of aliphatic hydroxyl groups is 1. The minimum absolute atomic E-state index is 0.444. The fraction of sp³-hybridized carbons (Fsp3) is 0.167. The Bertz CT molecular complexity index is 448. The van der Waals surface area contributed by atoms with E-state index in [1.54, 1.807) is 24.5 Å². The van der Waals surface area contributed by atoms with Crippen LogP contribution in [-0.4, -0.2) is 5.11 Å². The number of aliphatic hydroxyl groups excluding tert-OH is 1. The molecule has 0 saturated heterocycles. The van der Waals surface area contributed by atoms with Gasteiger partial charge in [-0.2, -0.15) is 0 Å². The van der Waals surface area contributed by atoms with E-state index in [0.717, 1.165) is 15.8 Å². The largest absolute Gasteiger partial charge is 0.469 e. The van der Waals surface area contributed by atoms with Gasteiger partial charge in [0.15, 0.2) is 0 Å². The van der Waals surface area contributed by atoms with Crippen LogP contribution in [0.1, 0.15) is 17.4 Å². The maximum absolute atomic E-state index is 10.0. The average Bonchev–Trinajstić information content (AvgIpc) is 2.68. The highest BCUT2D eigenvalue weighted by molar-refractivity contribution is 9.10. The van der Waals surface area contributed by atoms with Gasteiger partial charge in [0.25, 0.3) is 0 Å². The van der Waals surface area contributed by atoms with Crippen molar-refractivity contribution < 1.29 is 9.52 Å². The highest BCUT2D eigenvalue weighted by Gasteiger charge is 2.11. The first kappa shape index (κ1) is 11.7. The van der Waals surface area contributed by atoms with E-state index >= 15 is 0 Å². The van der Waals surface area contributed by atoms with Crippen LogP contribution in [0.15, 0.2) is 45.5 Å². The van der Waals surface area contributed by atoms with Gasteiger partial charge in [-0.1, -0.05) is 27.5 Å². The van der Waals surface area contributed by atoms with Crippen LogP contribution >= 0.6 is 27.5 Å². The molecule has 2 rings (SSSR count). The van der Waals surface area contributed by atoms with Crippen molar-refractivity contribution in [1.29, 1.82) is 0 Å². The van der Waals surface area contributed by atoms with Gasteiger partial charge in [0.1, 0.15) is 5.76 Å². The van der Waals surface area contributed by atoms with Crippen LogP contribution in [0.3, 0.4) is 0 Å². The third-order valence-electron chi connectivity index (χ3n) is 2.24. The Morgan fingerprint density at radius 2 is 2.19 bits per heavy atom. The summed E-state index contributed by atoms with van der Waals surface area (Å²) in [5.41, 5.74) is 0.774. The molecule has 0 bridgehead atoms. The van der Waals surface area contributed by atoms with Gasteiger partial charge >= 0.3 is 0 Å². The lowest BCUT2D eigenvalue weighted by Crippen LogP contribution is -2.01. The fourth-order valence-corrected chi connectivity index (χ4v) is 2.39. The zero-order valence-electron chi connectivity index (χ0n) is 8.36. The molecule has 0 amide bonds. The normalized spacial score (nSPS) is 12.7. The molecule has 2 aromatic rings. The summed E-state index contributed by atoms with van der Waals surface area (Å²) in [4.78, 5) is 0. The molecule has 1 unspecified atom stereocenters. The van der Waals surface area contributed by atoms with Crippen LogP contribution < -0.4 is 0 Å². The van der Waals surface area contributed by atoms with Crippen LogP contribution in [0, 0.1) is 0 Å². The molecule has 0 fully saturated rings. The summed E-state index contributed by atoms with van der Waals surface area (Å²) in [6, 6.07) is 9.02. The Balaban J connectivity index is 2.17. The molecule has 16 heavy (non-hydrogen) atoms. The van der Waals surface area contributed by atoms with E-state index in [4.69, 9.17) is 16.0 Å². The number of furan rings is 1. The second kappa shape index (κ2) is 5.04. The van der Waals surface area contributed by atoms with Crippen LogP contribution in [-0.2, 0) is 6.42 Å². The molecular formula is C12H10BrClO2. The van der Waals surface area contributed by atoms with E-state index in [1.165, 1.54) is 0 Å². The Morgan fingerprint density at radius 3 is 2.81 bits per heavy atom. The number of halogens is 2. The SMILES string of the molecule is OC(Cc1ccco1)c1cc(Cl)cc(Br)c1. The number of rotatable bonds is 3. The Morgan fingerprint density at radius 1 is 1.38 bits per heavy atom. The summed E-state index contributed by atoms with van der Waals surface area (Å²) >= 11 is 9.25. The van der Waals surface area contributed by atoms with E-state index in [-0.39, 0.29) is 0 Å². The van der Waals surface area contributed by atoms with Gasteiger partial charge in [-0.05, 0) is 35.9 Å². The van der Waals surface area contributed by atoms with Gasteiger partial charge in [-0.15, -0.1) is 0 Å². The van der Waals surface area contributed by atoms with Gasteiger partial charge in [0.2, 0.25) is 0 Å². The second-order valence-corrected chi connectivity index (χ2v) is 4.85. The summed E-state index contributed by atoms with van der Waals surface area (Å²) in [5.74, 6) is 0.753. The summed E-state index contributed by atoms with van der Waals surface area (Å²) in [5, 5.41) is 10.6. The third-order valence-corrected chi connectivity index (χ3v) is 2.92. The zero-order chi connectivity index (χ0) is 11.5. The lowest BCUT2D eigenvalue weighted by molar-refractivity contribution is 0.170. The molecule has 1 aromatic carbocycles. The van der Waals surface area contributed by atoms with E-state index in [1.807, 2.05) is 12.1 Å². The molecule has 1 aromatic heterocycles. The van der Waals surface area contributed by atoms with Crippen molar-refractivity contribution >= 4 is 27.5 Å². The standard InChI is InChI=1S/C12H10BrClO2/c13-9-4-8(5-10(14)6-9)12(15)7-11-2-1-3-16-11/h1-6,12,15H,7H2. The van der Waals surface area contributed by atoms with Crippen molar-refractivity contribution in [2.75, 3.05) is 0 Å². The van der Waals surface area contributed by atoms with Crippen LogP contribution in [0.5, 0.6) is 0 Å². The number of hydrogen-bond acceptors (Lipinski definition) is 2. The molecular weight excluding hydrogens is 291 g/mol. The monoisotopic (exact) mass is 300 g/mol. The van der Waals surface area contributed by atoms with Crippen LogP contribution in [0.25, 0.3) is 0 Å². The third kappa shape index (κ3) is 2.88. The molecule has 0 aliphatic carbocycles. The highest BCUT2D eigenvalue weighted by atomic mass is 79.9. The molecule has 4 heteroatoms. The Labute approximate surface area is 107 Å². The van der Waals surface area contributed by atoms with Gasteiger partial charge in [-0.25, -0.2) is 0 Å². The quantitative estimate of drug-likeness (QED) is 0.930. The number of hydrogen-bond donors (Lipinski definition) is 1. The first-order valence-electron chi connectivity index (χ1n) is 4.81. The van der Waals surface area contributed by atoms with Crippen molar-refractivity contribution in [3.8, 4) is 0 Å². The first-order chi connectivity index (χ1) is 7.65. The lowest BCUT2D eigenvalue weighted by atomic mass is 10.1. The van der Waals surface area contributed by atoms with Crippen molar-refractivity contribution in [3.05, 3.63) is 57.4 Å². The predicted octanol–water partition coefficient (Wildman–Crippen LogP) is 3.97. The van der Waals surface area contributed by atoms with E-state index in [2.05, 4.69) is 15.9 Å². The maximum atomic E-state index is 10.0. The molecule has 0 spiro atoms. The average molecular weight is 302 g/mol. The van der Waals surface area contributed by atoms with Crippen molar-refractivity contribution in [2.45, 2.75) is 12.5 Å². The van der Waals surface area contributed by atoms with Crippen LogP contribution in [0.4, 0.5) is 0 Å². The van der Waals surface area contributed by atoms with Crippen molar-refractivity contribution in [3.63, 3.8) is 0 Å². The highest BCUT2D eigenvalue weighted by Crippen LogP contribution is 2.25. The van der Waals surface area contributed by atoms with Gasteiger partial charge in [-0.3, -0.25) is 0 Å². The molecule has 0 radical (unpaired) electrons. The summed E-state index contributed by atoms with van der Waals surface area (Å²) in [7, 11) is 0. The minimum atomic E-state index is -0.610. The van der Waals surface area contributed by atoms with Crippen LogP contribution in [0.2, 0.25) is 5.02 Å². The molecule has 1 N–H and O–H groups in total.